The van der Waals surface area contributed by atoms with Gasteiger partial charge in [0, 0.05) is 38.6 Å². The minimum atomic E-state index is -0.611. The van der Waals surface area contributed by atoms with Gasteiger partial charge in [-0.2, -0.15) is 0 Å². The average Bonchev–Trinajstić information content (AvgIpc) is 2.51. The van der Waals surface area contributed by atoms with Gasteiger partial charge in [0.2, 0.25) is 5.91 Å². The Morgan fingerprint density at radius 2 is 2.00 bits per heavy atom. The molecule has 1 N–H and O–H groups in total. The monoisotopic (exact) mass is 290 g/mol. The SMILES string of the molecule is CCN1CCN(CC(=O)NCc2cccnc2)C(=O)C1=O. The molecule has 112 valence electrons. The van der Waals surface area contributed by atoms with Crippen molar-refractivity contribution in [3.63, 3.8) is 0 Å². The summed E-state index contributed by atoms with van der Waals surface area (Å²) in [5.41, 5.74) is 0.879. The zero-order chi connectivity index (χ0) is 15.2. The molecule has 0 unspecified atom stereocenters. The minimum Gasteiger partial charge on any atom is -0.350 e. The molecule has 2 rings (SSSR count). The molecule has 1 aromatic rings. The molecule has 0 radical (unpaired) electrons. The Morgan fingerprint density at radius 1 is 1.29 bits per heavy atom. The minimum absolute atomic E-state index is 0.0949. The van der Waals surface area contributed by atoms with Crippen molar-refractivity contribution in [1.29, 1.82) is 0 Å². The van der Waals surface area contributed by atoms with E-state index in [1.54, 1.807) is 18.5 Å². The van der Waals surface area contributed by atoms with Gasteiger partial charge >= 0.3 is 11.8 Å². The summed E-state index contributed by atoms with van der Waals surface area (Å²) in [7, 11) is 0. The third kappa shape index (κ3) is 3.77. The number of carbonyl (C=O) groups excluding carboxylic acids is 3. The molecule has 1 aliphatic heterocycles. The van der Waals surface area contributed by atoms with Crippen LogP contribution < -0.4 is 5.32 Å². The molecule has 1 saturated heterocycles. The molecule has 7 nitrogen and oxygen atoms in total. The summed E-state index contributed by atoms with van der Waals surface area (Å²) in [6.45, 7) is 3.44. The van der Waals surface area contributed by atoms with Crippen molar-refractivity contribution in [2.75, 3.05) is 26.2 Å². The highest BCUT2D eigenvalue weighted by Crippen LogP contribution is 2.04. The maximum Gasteiger partial charge on any atom is 0.312 e. The van der Waals surface area contributed by atoms with Crippen molar-refractivity contribution in [3.05, 3.63) is 30.1 Å². The van der Waals surface area contributed by atoms with Gasteiger partial charge in [0.05, 0.1) is 0 Å². The number of likely N-dealkylation sites (N-methyl/N-ethyl adjacent to an activating group) is 1. The maximum atomic E-state index is 11.8. The number of aromatic nitrogens is 1. The van der Waals surface area contributed by atoms with Gasteiger partial charge in [0.25, 0.3) is 0 Å². The third-order valence-electron chi connectivity index (χ3n) is 3.33. The number of pyridine rings is 1. The number of nitrogens with one attached hydrogen (secondary N) is 1. The van der Waals surface area contributed by atoms with E-state index in [-0.39, 0.29) is 12.5 Å². The first-order chi connectivity index (χ1) is 10.1. The van der Waals surface area contributed by atoms with Crippen LogP contribution >= 0.6 is 0 Å². The molecule has 0 bridgehead atoms. The molecule has 7 heteroatoms. The van der Waals surface area contributed by atoms with Crippen molar-refractivity contribution in [1.82, 2.24) is 20.1 Å². The highest BCUT2D eigenvalue weighted by Gasteiger charge is 2.32. The van der Waals surface area contributed by atoms with E-state index in [0.29, 0.717) is 26.2 Å². The van der Waals surface area contributed by atoms with Crippen LogP contribution in [0.1, 0.15) is 12.5 Å². The van der Waals surface area contributed by atoms with Crippen LogP contribution in [0.3, 0.4) is 0 Å². The topological polar surface area (TPSA) is 82.6 Å². The summed E-state index contributed by atoms with van der Waals surface area (Å²) in [6.07, 6.45) is 3.32. The van der Waals surface area contributed by atoms with Gasteiger partial charge in [0.15, 0.2) is 0 Å². The summed E-state index contributed by atoms with van der Waals surface area (Å²) in [5.74, 6) is -1.44. The highest BCUT2D eigenvalue weighted by molar-refractivity contribution is 6.35. The van der Waals surface area contributed by atoms with Crippen LogP contribution in [0.25, 0.3) is 0 Å². The predicted octanol–water partition coefficient (Wildman–Crippen LogP) is -0.611. The molecule has 0 spiro atoms. The van der Waals surface area contributed by atoms with Crippen LogP contribution in [0, 0.1) is 0 Å². The molecule has 2 heterocycles. The number of hydrogen-bond acceptors (Lipinski definition) is 4. The summed E-state index contributed by atoms with van der Waals surface area (Å²) < 4.78 is 0. The van der Waals surface area contributed by atoms with E-state index < -0.39 is 11.8 Å². The zero-order valence-electron chi connectivity index (χ0n) is 11.9. The molecule has 0 aromatic carbocycles. The van der Waals surface area contributed by atoms with Crippen molar-refractivity contribution in [3.8, 4) is 0 Å². The molecular formula is C14H18N4O3. The molecule has 0 saturated carbocycles. The smallest absolute Gasteiger partial charge is 0.312 e. The van der Waals surface area contributed by atoms with Crippen molar-refractivity contribution in [2.24, 2.45) is 0 Å². The number of piperazine rings is 1. The summed E-state index contributed by atoms with van der Waals surface area (Å²) in [4.78, 5) is 42.1. The second-order valence-corrected chi connectivity index (χ2v) is 4.75. The summed E-state index contributed by atoms with van der Waals surface area (Å²) in [5, 5.41) is 2.71. The maximum absolute atomic E-state index is 11.8. The van der Waals surface area contributed by atoms with Crippen LogP contribution in [0.5, 0.6) is 0 Å². The van der Waals surface area contributed by atoms with Crippen molar-refractivity contribution in [2.45, 2.75) is 13.5 Å². The van der Waals surface area contributed by atoms with E-state index in [4.69, 9.17) is 0 Å². The second kappa shape index (κ2) is 6.83. The van der Waals surface area contributed by atoms with Crippen molar-refractivity contribution >= 4 is 17.7 Å². The predicted molar refractivity (Wildman–Crippen MR) is 74.9 cm³/mol. The van der Waals surface area contributed by atoms with Gasteiger partial charge in [-0.3, -0.25) is 19.4 Å². The van der Waals surface area contributed by atoms with Gasteiger partial charge in [-0.15, -0.1) is 0 Å². The lowest BCUT2D eigenvalue weighted by Crippen LogP contribution is -2.56. The fourth-order valence-electron chi connectivity index (χ4n) is 2.10. The third-order valence-corrected chi connectivity index (χ3v) is 3.33. The van der Waals surface area contributed by atoms with E-state index in [1.807, 2.05) is 13.0 Å². The standard InChI is InChI=1S/C14H18N4O3/c1-2-17-6-7-18(14(21)13(17)20)10-12(19)16-9-11-4-3-5-15-8-11/h3-5,8H,2,6-7,9-10H2,1H3,(H,16,19). The lowest BCUT2D eigenvalue weighted by molar-refractivity contribution is -0.156. The molecule has 0 aliphatic carbocycles. The van der Waals surface area contributed by atoms with E-state index in [9.17, 15) is 14.4 Å². The zero-order valence-corrected chi connectivity index (χ0v) is 11.9. The Kier molecular flexibility index (Phi) is 4.86. The fraction of sp³-hybridized carbons (Fsp3) is 0.429. The highest BCUT2D eigenvalue weighted by atomic mass is 16.2. The van der Waals surface area contributed by atoms with E-state index in [0.717, 1.165) is 5.56 Å². The lowest BCUT2D eigenvalue weighted by Gasteiger charge is -2.32. The van der Waals surface area contributed by atoms with Gasteiger partial charge in [-0.25, -0.2) is 0 Å². The number of rotatable bonds is 5. The van der Waals surface area contributed by atoms with Gasteiger partial charge in [-0.1, -0.05) is 6.07 Å². The number of carbonyl (C=O) groups is 3. The van der Waals surface area contributed by atoms with Gasteiger partial charge < -0.3 is 15.1 Å². The molecule has 1 aromatic heterocycles. The quantitative estimate of drug-likeness (QED) is 0.733. The van der Waals surface area contributed by atoms with E-state index >= 15 is 0 Å². The van der Waals surface area contributed by atoms with Crippen LogP contribution in [0.4, 0.5) is 0 Å². The first-order valence-electron chi connectivity index (χ1n) is 6.85. The Labute approximate surface area is 122 Å². The first-order valence-corrected chi connectivity index (χ1v) is 6.85. The molecule has 3 amide bonds. The second-order valence-electron chi connectivity index (χ2n) is 4.75. The molecule has 0 atom stereocenters. The normalized spacial score (nSPS) is 15.3. The molecule has 1 aliphatic rings. The Morgan fingerprint density at radius 3 is 2.67 bits per heavy atom. The Bertz CT molecular complexity index is 532. The largest absolute Gasteiger partial charge is 0.350 e. The molecule has 1 fully saturated rings. The van der Waals surface area contributed by atoms with Crippen LogP contribution in [-0.4, -0.2) is 58.7 Å². The van der Waals surface area contributed by atoms with Gasteiger partial charge in [-0.05, 0) is 18.6 Å². The van der Waals surface area contributed by atoms with Crippen molar-refractivity contribution < 1.29 is 14.4 Å². The van der Waals surface area contributed by atoms with Crippen LogP contribution in [0.2, 0.25) is 0 Å². The van der Waals surface area contributed by atoms with Gasteiger partial charge in [0.1, 0.15) is 6.54 Å². The molecular weight excluding hydrogens is 272 g/mol. The number of amides is 3. The van der Waals surface area contributed by atoms with E-state index in [1.165, 1.54) is 9.80 Å². The fourth-order valence-corrected chi connectivity index (χ4v) is 2.10. The summed E-state index contributed by atoms with van der Waals surface area (Å²) >= 11 is 0. The number of hydrogen-bond donors (Lipinski definition) is 1. The number of nitrogens with zero attached hydrogens (tertiary/aromatic N) is 3. The first kappa shape index (κ1) is 15.0. The Balaban J connectivity index is 1.83. The van der Waals surface area contributed by atoms with E-state index in [2.05, 4.69) is 10.3 Å². The van der Waals surface area contributed by atoms with Crippen LogP contribution in [0.15, 0.2) is 24.5 Å². The molecule has 21 heavy (non-hydrogen) atoms. The Hall–Kier alpha value is -2.44. The van der Waals surface area contributed by atoms with Crippen LogP contribution in [-0.2, 0) is 20.9 Å². The average molecular weight is 290 g/mol. The summed E-state index contributed by atoms with van der Waals surface area (Å²) in [6, 6.07) is 3.63. The lowest BCUT2D eigenvalue weighted by atomic mass is 10.2.